The number of anilines is 1. The van der Waals surface area contributed by atoms with Gasteiger partial charge in [-0.3, -0.25) is 4.79 Å². The summed E-state index contributed by atoms with van der Waals surface area (Å²) in [5.41, 5.74) is 0.623. The van der Waals surface area contributed by atoms with Gasteiger partial charge in [0.1, 0.15) is 17.1 Å². The van der Waals surface area contributed by atoms with E-state index >= 15 is 0 Å². The SMILES string of the molecule is O=CN1CCN(c2ccc3cccc(O)c3n2)CC1. The Kier molecular flexibility index (Phi) is 2.95. The summed E-state index contributed by atoms with van der Waals surface area (Å²) in [4.78, 5) is 19.1. The van der Waals surface area contributed by atoms with E-state index in [0.29, 0.717) is 18.6 Å². The van der Waals surface area contributed by atoms with Gasteiger partial charge in [-0.15, -0.1) is 0 Å². The van der Waals surface area contributed by atoms with Crippen molar-refractivity contribution < 1.29 is 9.90 Å². The van der Waals surface area contributed by atoms with Crippen LogP contribution in [0.25, 0.3) is 10.9 Å². The van der Waals surface area contributed by atoms with Crippen molar-refractivity contribution in [1.29, 1.82) is 0 Å². The van der Waals surface area contributed by atoms with Gasteiger partial charge in [0.25, 0.3) is 0 Å². The van der Waals surface area contributed by atoms with Crippen molar-refractivity contribution >= 4 is 23.1 Å². The van der Waals surface area contributed by atoms with Crippen LogP contribution >= 0.6 is 0 Å². The standard InChI is InChI=1S/C14H15N3O2/c18-10-16-6-8-17(9-7-16)13-5-4-11-2-1-3-12(19)14(11)15-13/h1-5,10,19H,6-9H2. The van der Waals surface area contributed by atoms with Crippen LogP contribution in [0, 0.1) is 0 Å². The molecular formula is C14H15N3O2. The smallest absolute Gasteiger partial charge is 0.209 e. The molecule has 19 heavy (non-hydrogen) atoms. The Morgan fingerprint density at radius 1 is 1.11 bits per heavy atom. The number of fused-ring (bicyclic) bond motifs is 1. The molecule has 0 bridgehead atoms. The number of aromatic hydroxyl groups is 1. The minimum Gasteiger partial charge on any atom is -0.506 e. The van der Waals surface area contributed by atoms with Crippen LogP contribution in [0.2, 0.25) is 0 Å². The summed E-state index contributed by atoms with van der Waals surface area (Å²) in [6.07, 6.45) is 0.886. The van der Waals surface area contributed by atoms with E-state index in [0.717, 1.165) is 30.7 Å². The lowest BCUT2D eigenvalue weighted by atomic mass is 10.2. The zero-order valence-corrected chi connectivity index (χ0v) is 10.5. The molecule has 1 amide bonds. The maximum atomic E-state index is 10.7. The summed E-state index contributed by atoms with van der Waals surface area (Å²) in [6, 6.07) is 9.29. The number of carbonyl (C=O) groups excluding carboxylic acids is 1. The van der Waals surface area contributed by atoms with E-state index in [-0.39, 0.29) is 5.75 Å². The van der Waals surface area contributed by atoms with Gasteiger partial charge >= 0.3 is 0 Å². The Labute approximate surface area is 111 Å². The average Bonchev–Trinajstić information content (AvgIpc) is 2.47. The zero-order valence-electron chi connectivity index (χ0n) is 10.5. The lowest BCUT2D eigenvalue weighted by molar-refractivity contribution is -0.118. The topological polar surface area (TPSA) is 56.7 Å². The normalized spacial score (nSPS) is 15.8. The lowest BCUT2D eigenvalue weighted by Gasteiger charge is -2.33. The average molecular weight is 257 g/mol. The molecule has 1 aliphatic heterocycles. The summed E-state index contributed by atoms with van der Waals surface area (Å²) in [6.45, 7) is 2.96. The highest BCUT2D eigenvalue weighted by Crippen LogP contribution is 2.25. The molecule has 0 spiro atoms. The van der Waals surface area contributed by atoms with Crippen molar-refractivity contribution in [2.45, 2.75) is 0 Å². The molecule has 2 heterocycles. The lowest BCUT2D eigenvalue weighted by Crippen LogP contribution is -2.46. The van der Waals surface area contributed by atoms with Gasteiger partial charge in [0.05, 0.1) is 0 Å². The van der Waals surface area contributed by atoms with E-state index in [4.69, 9.17) is 0 Å². The maximum absolute atomic E-state index is 10.7. The number of phenolic OH excluding ortho intramolecular Hbond substituents is 1. The monoisotopic (exact) mass is 257 g/mol. The number of aromatic nitrogens is 1. The predicted octanol–water partition coefficient (Wildman–Crippen LogP) is 1.22. The van der Waals surface area contributed by atoms with Crippen molar-refractivity contribution in [1.82, 2.24) is 9.88 Å². The van der Waals surface area contributed by atoms with Crippen molar-refractivity contribution in [3.8, 4) is 5.75 Å². The molecule has 98 valence electrons. The Bertz CT molecular complexity index is 607. The number of hydrogen-bond acceptors (Lipinski definition) is 4. The molecule has 1 aromatic carbocycles. The number of hydrogen-bond donors (Lipinski definition) is 1. The largest absolute Gasteiger partial charge is 0.506 e. The van der Waals surface area contributed by atoms with Crippen LogP contribution in [-0.4, -0.2) is 47.6 Å². The first-order valence-corrected chi connectivity index (χ1v) is 6.31. The first kappa shape index (κ1) is 11.8. The molecule has 1 saturated heterocycles. The molecule has 1 aromatic heterocycles. The Morgan fingerprint density at radius 3 is 2.63 bits per heavy atom. The number of benzene rings is 1. The molecule has 1 fully saturated rings. The fourth-order valence-corrected chi connectivity index (χ4v) is 2.35. The number of nitrogens with zero attached hydrogens (tertiary/aromatic N) is 3. The van der Waals surface area contributed by atoms with E-state index in [1.807, 2.05) is 24.3 Å². The molecule has 1 N–H and O–H groups in total. The first-order chi connectivity index (χ1) is 9.28. The summed E-state index contributed by atoms with van der Waals surface area (Å²) in [5, 5.41) is 10.8. The van der Waals surface area contributed by atoms with Crippen LogP contribution in [0.15, 0.2) is 30.3 Å². The molecule has 1 aliphatic rings. The van der Waals surface area contributed by atoms with Gasteiger partial charge in [0.15, 0.2) is 0 Å². The van der Waals surface area contributed by atoms with E-state index < -0.39 is 0 Å². The van der Waals surface area contributed by atoms with Crippen LogP contribution in [0.1, 0.15) is 0 Å². The number of para-hydroxylation sites is 1. The second-order valence-electron chi connectivity index (χ2n) is 4.65. The molecular weight excluding hydrogens is 242 g/mol. The molecule has 0 unspecified atom stereocenters. The van der Waals surface area contributed by atoms with Crippen molar-refractivity contribution in [2.75, 3.05) is 31.1 Å². The highest BCUT2D eigenvalue weighted by Gasteiger charge is 2.17. The van der Waals surface area contributed by atoms with Gasteiger partial charge in [0.2, 0.25) is 6.41 Å². The van der Waals surface area contributed by atoms with Gasteiger partial charge in [0, 0.05) is 31.6 Å². The second kappa shape index (κ2) is 4.76. The number of rotatable bonds is 2. The fourth-order valence-electron chi connectivity index (χ4n) is 2.35. The Hall–Kier alpha value is -2.30. The van der Waals surface area contributed by atoms with Crippen LogP contribution in [-0.2, 0) is 4.79 Å². The van der Waals surface area contributed by atoms with E-state index in [1.54, 1.807) is 11.0 Å². The van der Waals surface area contributed by atoms with Gasteiger partial charge in [-0.05, 0) is 18.2 Å². The molecule has 2 aromatic rings. The van der Waals surface area contributed by atoms with Gasteiger partial charge in [-0.25, -0.2) is 4.98 Å². The molecule has 5 heteroatoms. The number of piperazine rings is 1. The Balaban J connectivity index is 1.89. The summed E-state index contributed by atoms with van der Waals surface area (Å²) < 4.78 is 0. The molecule has 3 rings (SSSR count). The molecule has 0 aliphatic carbocycles. The second-order valence-corrected chi connectivity index (χ2v) is 4.65. The van der Waals surface area contributed by atoms with Crippen LogP contribution in [0.3, 0.4) is 0 Å². The summed E-state index contributed by atoms with van der Waals surface area (Å²) in [7, 11) is 0. The highest BCUT2D eigenvalue weighted by molar-refractivity contribution is 5.85. The van der Waals surface area contributed by atoms with Crippen molar-refractivity contribution in [2.24, 2.45) is 0 Å². The number of carbonyl (C=O) groups is 1. The molecule has 0 saturated carbocycles. The third-order valence-corrected chi connectivity index (χ3v) is 3.47. The number of pyridine rings is 1. The highest BCUT2D eigenvalue weighted by atomic mass is 16.3. The maximum Gasteiger partial charge on any atom is 0.209 e. The third-order valence-electron chi connectivity index (χ3n) is 3.47. The van der Waals surface area contributed by atoms with Gasteiger partial charge < -0.3 is 14.9 Å². The quantitative estimate of drug-likeness (QED) is 0.822. The number of amides is 1. The summed E-state index contributed by atoms with van der Waals surface area (Å²) >= 11 is 0. The van der Waals surface area contributed by atoms with Crippen LogP contribution in [0.4, 0.5) is 5.82 Å². The molecule has 0 atom stereocenters. The minimum absolute atomic E-state index is 0.200. The van der Waals surface area contributed by atoms with E-state index in [2.05, 4.69) is 9.88 Å². The first-order valence-electron chi connectivity index (χ1n) is 6.31. The molecule has 0 radical (unpaired) electrons. The van der Waals surface area contributed by atoms with Gasteiger partial charge in [-0.1, -0.05) is 12.1 Å². The predicted molar refractivity (Wildman–Crippen MR) is 73.3 cm³/mol. The van der Waals surface area contributed by atoms with Crippen LogP contribution in [0.5, 0.6) is 5.75 Å². The third kappa shape index (κ3) is 2.19. The minimum atomic E-state index is 0.200. The zero-order chi connectivity index (χ0) is 13.2. The van der Waals surface area contributed by atoms with E-state index in [1.165, 1.54) is 0 Å². The van der Waals surface area contributed by atoms with E-state index in [9.17, 15) is 9.90 Å². The molecule has 5 nitrogen and oxygen atoms in total. The summed E-state index contributed by atoms with van der Waals surface area (Å²) in [5.74, 6) is 1.05. The van der Waals surface area contributed by atoms with Crippen molar-refractivity contribution in [3.05, 3.63) is 30.3 Å². The fraction of sp³-hybridized carbons (Fsp3) is 0.286. The number of phenols is 1. The van der Waals surface area contributed by atoms with Gasteiger partial charge in [-0.2, -0.15) is 0 Å². The Morgan fingerprint density at radius 2 is 1.89 bits per heavy atom. The van der Waals surface area contributed by atoms with Crippen molar-refractivity contribution in [3.63, 3.8) is 0 Å². The van der Waals surface area contributed by atoms with Crippen LogP contribution < -0.4 is 4.90 Å².